The second-order valence-corrected chi connectivity index (χ2v) is 12.4. The number of aromatic nitrogens is 5. The summed E-state index contributed by atoms with van der Waals surface area (Å²) in [4.78, 5) is 19.8. The van der Waals surface area contributed by atoms with Crippen molar-refractivity contribution in [3.05, 3.63) is 117 Å². The third-order valence-electron chi connectivity index (χ3n) is 6.92. The van der Waals surface area contributed by atoms with E-state index in [1.165, 1.54) is 33.6 Å². The van der Waals surface area contributed by atoms with Gasteiger partial charge in [-0.3, -0.25) is 4.79 Å². The van der Waals surface area contributed by atoms with Gasteiger partial charge in [0.1, 0.15) is 5.75 Å². The molecule has 0 fully saturated rings. The summed E-state index contributed by atoms with van der Waals surface area (Å²) in [7, 11) is 0. The largest absolute Gasteiger partial charge is 0.494 e. The Morgan fingerprint density at radius 2 is 1.70 bits per heavy atom. The van der Waals surface area contributed by atoms with Gasteiger partial charge in [0.2, 0.25) is 4.96 Å². The van der Waals surface area contributed by atoms with E-state index < -0.39 is 0 Å². The van der Waals surface area contributed by atoms with Gasteiger partial charge < -0.3 is 4.74 Å². The van der Waals surface area contributed by atoms with Crippen molar-refractivity contribution in [2.75, 3.05) is 12.4 Å². The van der Waals surface area contributed by atoms with E-state index in [1.54, 1.807) is 0 Å². The molecule has 44 heavy (non-hydrogen) atoms. The zero-order valence-electron chi connectivity index (χ0n) is 24.7. The Hall–Kier alpha value is -4.47. The van der Waals surface area contributed by atoms with Crippen LogP contribution in [0.2, 0.25) is 0 Å². The third kappa shape index (κ3) is 6.85. The number of thiazole rings is 1. The molecule has 0 unspecified atom stereocenters. The highest BCUT2D eigenvalue weighted by Gasteiger charge is 2.14. The predicted octanol–water partition coefficient (Wildman–Crippen LogP) is 7.40. The Morgan fingerprint density at radius 3 is 2.43 bits per heavy atom. The number of para-hydroxylation sites is 1. The van der Waals surface area contributed by atoms with Crippen molar-refractivity contribution >= 4 is 46.3 Å². The van der Waals surface area contributed by atoms with Gasteiger partial charge in [0.05, 0.1) is 22.5 Å². The van der Waals surface area contributed by atoms with Gasteiger partial charge >= 0.3 is 0 Å². The first kappa shape index (κ1) is 29.6. The van der Waals surface area contributed by atoms with E-state index in [0.29, 0.717) is 21.9 Å². The normalized spacial score (nSPS) is 12.1. The summed E-state index contributed by atoms with van der Waals surface area (Å²) in [5.74, 6) is 2.44. The number of hydrogen-bond donors (Lipinski definition) is 0. The second-order valence-electron chi connectivity index (χ2n) is 10.3. The average molecular weight is 620 g/mol. The minimum atomic E-state index is -0.198. The maximum atomic E-state index is 13.4. The number of ether oxygens (including phenoxy) is 1. The first-order chi connectivity index (χ1) is 21.6. The van der Waals surface area contributed by atoms with Crippen LogP contribution in [-0.4, -0.2) is 36.7 Å². The molecule has 0 amide bonds. The summed E-state index contributed by atoms with van der Waals surface area (Å²) in [5, 5.41) is 9.41. The number of rotatable bonds is 12. The van der Waals surface area contributed by atoms with Crippen molar-refractivity contribution in [3.8, 4) is 22.7 Å². The molecule has 0 bridgehead atoms. The van der Waals surface area contributed by atoms with E-state index in [9.17, 15) is 4.79 Å². The smallest absolute Gasteiger partial charge is 0.291 e. The van der Waals surface area contributed by atoms with E-state index in [0.717, 1.165) is 46.0 Å². The molecule has 0 aliphatic carbocycles. The van der Waals surface area contributed by atoms with Gasteiger partial charge in [0.15, 0.2) is 5.82 Å². The zero-order valence-corrected chi connectivity index (χ0v) is 26.4. The molecule has 0 aliphatic heterocycles. The van der Waals surface area contributed by atoms with Crippen LogP contribution in [0.1, 0.15) is 50.1 Å². The summed E-state index contributed by atoms with van der Waals surface area (Å²) >= 11 is 3.19. The third-order valence-corrected chi connectivity index (χ3v) is 8.98. The predicted molar refractivity (Wildman–Crippen MR) is 182 cm³/mol. The summed E-state index contributed by atoms with van der Waals surface area (Å²) < 4.78 is 9.44. The number of benzene rings is 3. The fraction of sp³-hybridized carbons (Fsp3) is 0.200. The monoisotopic (exact) mass is 619 g/mol. The molecule has 7 nitrogen and oxygen atoms in total. The molecule has 0 saturated heterocycles. The van der Waals surface area contributed by atoms with Crippen LogP contribution < -0.4 is 14.8 Å². The lowest BCUT2D eigenvalue weighted by molar-refractivity contribution is 0.317. The number of fused-ring (bicyclic) bond motifs is 1. The highest BCUT2D eigenvalue weighted by molar-refractivity contribution is 7.99. The maximum Gasteiger partial charge on any atom is 0.291 e. The molecular formula is C35H33N5O2S2. The molecule has 0 aliphatic rings. The van der Waals surface area contributed by atoms with Crippen LogP contribution >= 0.6 is 23.1 Å². The lowest BCUT2D eigenvalue weighted by Crippen LogP contribution is -2.23. The Labute approximate surface area is 264 Å². The average Bonchev–Trinajstić information content (AvgIpc) is 3.75. The summed E-state index contributed by atoms with van der Waals surface area (Å²) in [6.45, 7) is 4.99. The first-order valence-electron chi connectivity index (χ1n) is 14.8. The van der Waals surface area contributed by atoms with Gasteiger partial charge in [-0.1, -0.05) is 80.1 Å². The topological polar surface area (TPSA) is 74.3 Å². The highest BCUT2D eigenvalue weighted by Crippen LogP contribution is 2.28. The molecule has 0 atom stereocenters. The zero-order chi connectivity index (χ0) is 30.3. The molecule has 3 heterocycles. The molecule has 0 radical (unpaired) electrons. The van der Waals surface area contributed by atoms with Crippen LogP contribution in [0.4, 0.5) is 0 Å². The highest BCUT2D eigenvalue weighted by atomic mass is 32.2. The molecule has 0 spiro atoms. The molecule has 0 saturated carbocycles. The Kier molecular flexibility index (Phi) is 9.34. The minimum absolute atomic E-state index is 0.198. The molecule has 6 aromatic rings. The molecule has 9 heteroatoms. The standard InChI is InChI=1S/C35H33N5O2S2/c1-3-5-22-43-30-18-14-26(15-19-30)33-27(24-39(38-33)28-9-7-6-8-10-28)23-31-34(41)40-35(44-31)36-32(37-40)20-13-25-11-16-29(17-12-25)42-21-4-2/h6-20,23-24H,3-5,21-22H2,1-2H3/b20-13+,31-23-. The van der Waals surface area contributed by atoms with Crippen molar-refractivity contribution in [1.82, 2.24) is 24.4 Å². The molecule has 222 valence electrons. The number of unbranched alkanes of at least 4 members (excludes halogenated alkanes) is 1. The van der Waals surface area contributed by atoms with Gasteiger partial charge in [-0.15, -0.1) is 16.9 Å². The molecule has 6 rings (SSSR count). The van der Waals surface area contributed by atoms with E-state index in [1.807, 2.05) is 95.5 Å². The van der Waals surface area contributed by atoms with Crippen LogP contribution in [0, 0.1) is 0 Å². The van der Waals surface area contributed by atoms with Crippen LogP contribution in [0.3, 0.4) is 0 Å². The van der Waals surface area contributed by atoms with Crippen LogP contribution in [0.25, 0.3) is 40.1 Å². The maximum absolute atomic E-state index is 13.4. The van der Waals surface area contributed by atoms with Crippen molar-refractivity contribution < 1.29 is 4.74 Å². The van der Waals surface area contributed by atoms with Crippen molar-refractivity contribution in [3.63, 3.8) is 0 Å². The molecule has 3 aromatic carbocycles. The van der Waals surface area contributed by atoms with Gasteiger partial charge in [0.25, 0.3) is 5.56 Å². The molecular weight excluding hydrogens is 587 g/mol. The quantitative estimate of drug-likeness (QED) is 0.105. The van der Waals surface area contributed by atoms with Crippen molar-refractivity contribution in [2.24, 2.45) is 0 Å². The number of nitrogens with zero attached hydrogens (tertiary/aromatic N) is 5. The fourth-order valence-corrected chi connectivity index (χ4v) is 6.50. The van der Waals surface area contributed by atoms with Gasteiger partial charge in [-0.05, 0) is 72.7 Å². The number of thioether (sulfide) groups is 1. The van der Waals surface area contributed by atoms with E-state index in [4.69, 9.17) is 9.84 Å². The molecule has 3 aromatic heterocycles. The van der Waals surface area contributed by atoms with Crippen LogP contribution in [-0.2, 0) is 0 Å². The van der Waals surface area contributed by atoms with Crippen LogP contribution in [0.15, 0.2) is 94.7 Å². The van der Waals surface area contributed by atoms with E-state index in [2.05, 4.69) is 48.2 Å². The minimum Gasteiger partial charge on any atom is -0.494 e. The van der Waals surface area contributed by atoms with Crippen molar-refractivity contribution in [2.45, 2.75) is 38.0 Å². The van der Waals surface area contributed by atoms with Gasteiger partial charge in [0, 0.05) is 22.2 Å². The Balaban J connectivity index is 1.30. The van der Waals surface area contributed by atoms with Crippen molar-refractivity contribution in [1.29, 1.82) is 0 Å². The van der Waals surface area contributed by atoms with Gasteiger partial charge in [-0.25, -0.2) is 4.68 Å². The van der Waals surface area contributed by atoms with Crippen LogP contribution in [0.5, 0.6) is 5.75 Å². The number of hydrogen-bond acceptors (Lipinski definition) is 7. The fourth-order valence-electron chi connectivity index (χ4n) is 4.60. The first-order valence-corrected chi connectivity index (χ1v) is 16.6. The summed E-state index contributed by atoms with van der Waals surface area (Å²) in [6, 6.07) is 26.3. The Morgan fingerprint density at radius 1 is 0.909 bits per heavy atom. The lowest BCUT2D eigenvalue weighted by atomic mass is 10.1. The lowest BCUT2D eigenvalue weighted by Gasteiger charge is -2.03. The van der Waals surface area contributed by atoms with E-state index in [-0.39, 0.29) is 5.56 Å². The van der Waals surface area contributed by atoms with E-state index >= 15 is 0 Å². The van der Waals surface area contributed by atoms with Gasteiger partial charge in [-0.2, -0.15) is 14.6 Å². The Bertz CT molecular complexity index is 1980. The second kappa shape index (κ2) is 13.9. The summed E-state index contributed by atoms with van der Waals surface area (Å²) in [6.07, 6.45) is 11.0. The summed E-state index contributed by atoms with van der Waals surface area (Å²) in [5.41, 5.74) is 4.41. The molecule has 0 N–H and O–H groups in total. The SMILES string of the molecule is CCCCSc1ccc(-c2nn(-c3ccccc3)cc2/C=c2\sc3nc(/C=C/c4ccc(OCCC)cc4)nn3c2=O)cc1.